The Kier molecular flexibility index (Phi) is 8.76. The van der Waals surface area contributed by atoms with Gasteiger partial charge in [-0.15, -0.1) is 11.8 Å². The van der Waals surface area contributed by atoms with E-state index in [-0.39, 0.29) is 24.3 Å². The number of benzene rings is 1. The summed E-state index contributed by atoms with van der Waals surface area (Å²) < 4.78 is -1.38. The first-order chi connectivity index (χ1) is 19.4. The number of unbranched alkanes of at least 4 members (excludes halogenated alkanes) is 4. The van der Waals surface area contributed by atoms with Crippen LogP contribution in [0.2, 0.25) is 0 Å². The summed E-state index contributed by atoms with van der Waals surface area (Å²) in [5, 5.41) is 9.29. The first-order valence-electron chi connectivity index (χ1n) is 14.9. The van der Waals surface area contributed by atoms with Crippen LogP contribution in [0.4, 0.5) is 0 Å². The molecule has 1 spiro atoms. The molecule has 2 saturated heterocycles. The van der Waals surface area contributed by atoms with E-state index < -0.39 is 27.4 Å². The number of amides is 3. The largest absolute Gasteiger partial charge is 0.396 e. The van der Waals surface area contributed by atoms with Crippen molar-refractivity contribution in [2.24, 2.45) is 11.8 Å². The number of carbonyl (C=O) groups is 3. The number of fused-ring (bicyclic) bond motifs is 2. The fourth-order valence-corrected chi connectivity index (χ4v) is 9.29. The lowest BCUT2D eigenvalue weighted by Gasteiger charge is -2.37. The third-order valence-corrected chi connectivity index (χ3v) is 10.8. The molecule has 40 heavy (non-hydrogen) atoms. The zero-order valence-corrected chi connectivity index (χ0v) is 24.7. The summed E-state index contributed by atoms with van der Waals surface area (Å²) in [5.74, 6) is -1.24. The molecule has 0 aromatic heterocycles. The van der Waals surface area contributed by atoms with E-state index in [2.05, 4.69) is 38.2 Å². The molecule has 4 aliphatic heterocycles. The van der Waals surface area contributed by atoms with E-state index in [1.165, 1.54) is 0 Å². The maximum atomic E-state index is 14.4. The third-order valence-electron chi connectivity index (χ3n) is 9.03. The van der Waals surface area contributed by atoms with E-state index in [1.54, 1.807) is 16.7 Å². The summed E-state index contributed by atoms with van der Waals surface area (Å²) in [6, 6.07) is 9.35. The summed E-state index contributed by atoms with van der Waals surface area (Å²) in [6.45, 7) is 7.01. The topological polar surface area (TPSA) is 81.2 Å². The molecular formula is C32H43N3O4S. The molecule has 5 atom stereocenters. The Morgan fingerprint density at radius 2 is 1.57 bits per heavy atom. The normalized spacial score (nSPS) is 31.3. The smallest absolute Gasteiger partial charge is 0.247 e. The van der Waals surface area contributed by atoms with Crippen LogP contribution >= 0.6 is 11.8 Å². The van der Waals surface area contributed by atoms with Crippen LogP contribution in [0, 0.1) is 11.8 Å². The van der Waals surface area contributed by atoms with E-state index in [0.717, 1.165) is 37.7 Å². The van der Waals surface area contributed by atoms with Crippen LogP contribution in [0.25, 0.3) is 0 Å². The van der Waals surface area contributed by atoms with Gasteiger partial charge in [0.15, 0.2) is 0 Å². The van der Waals surface area contributed by atoms with Gasteiger partial charge in [-0.2, -0.15) is 0 Å². The molecule has 0 saturated carbocycles. The van der Waals surface area contributed by atoms with Gasteiger partial charge in [0.1, 0.15) is 6.04 Å². The molecule has 0 aliphatic carbocycles. The number of nitrogens with zero attached hydrogens (tertiary/aromatic N) is 3. The second-order valence-electron chi connectivity index (χ2n) is 11.8. The van der Waals surface area contributed by atoms with Crippen molar-refractivity contribution >= 4 is 29.5 Å². The summed E-state index contributed by atoms with van der Waals surface area (Å²) in [6.07, 6.45) is 13.6. The summed E-state index contributed by atoms with van der Waals surface area (Å²) in [5.41, 5.74) is 1.06. The fraction of sp³-hybridized carbons (Fsp3) is 0.594. The van der Waals surface area contributed by atoms with E-state index >= 15 is 0 Å². The van der Waals surface area contributed by atoms with Gasteiger partial charge in [-0.3, -0.25) is 14.4 Å². The minimum absolute atomic E-state index is 0.00393. The van der Waals surface area contributed by atoms with Gasteiger partial charge in [0, 0.05) is 44.1 Å². The van der Waals surface area contributed by atoms with Gasteiger partial charge in [0.05, 0.1) is 16.6 Å². The molecule has 2 fully saturated rings. The maximum absolute atomic E-state index is 14.4. The summed E-state index contributed by atoms with van der Waals surface area (Å²) in [4.78, 5) is 48.7. The highest BCUT2D eigenvalue weighted by Crippen LogP contribution is 2.65. The average Bonchev–Trinajstić information content (AvgIpc) is 3.22. The van der Waals surface area contributed by atoms with E-state index in [0.29, 0.717) is 39.1 Å². The minimum Gasteiger partial charge on any atom is -0.396 e. The lowest BCUT2D eigenvalue weighted by atomic mass is 9.74. The molecule has 1 N–H and O–H groups in total. The molecule has 8 heteroatoms. The van der Waals surface area contributed by atoms with E-state index in [1.807, 2.05) is 40.1 Å². The van der Waals surface area contributed by atoms with Crippen molar-refractivity contribution < 1.29 is 19.5 Å². The number of hydrogen-bond acceptors (Lipinski definition) is 5. The van der Waals surface area contributed by atoms with Crippen molar-refractivity contribution in [3.05, 3.63) is 60.2 Å². The molecule has 3 amide bonds. The van der Waals surface area contributed by atoms with Crippen LogP contribution in [0.1, 0.15) is 57.9 Å². The van der Waals surface area contributed by atoms with Crippen LogP contribution in [0.5, 0.6) is 0 Å². The number of rotatable bonds is 11. The SMILES string of the molecule is CCCCCN1CC=C[C@]23S[C@]4(C)C=CCN(Cc5ccccc5)C(=O)[C@@H]4[C@H]2C(=O)N(CCCCCO)C3C1=O. The summed E-state index contributed by atoms with van der Waals surface area (Å²) >= 11 is 1.65. The van der Waals surface area contributed by atoms with Crippen LogP contribution in [0.15, 0.2) is 54.6 Å². The van der Waals surface area contributed by atoms with Crippen molar-refractivity contribution in [2.45, 2.75) is 74.5 Å². The van der Waals surface area contributed by atoms with Gasteiger partial charge in [-0.05, 0) is 38.2 Å². The summed E-state index contributed by atoms with van der Waals surface area (Å²) in [7, 11) is 0. The van der Waals surface area contributed by atoms with Crippen LogP contribution in [-0.4, -0.2) is 85.8 Å². The van der Waals surface area contributed by atoms with Crippen molar-refractivity contribution in [3.8, 4) is 0 Å². The monoisotopic (exact) mass is 565 g/mol. The fourth-order valence-electron chi connectivity index (χ4n) is 7.13. The molecule has 4 aliphatic rings. The first kappa shape index (κ1) is 28.9. The second kappa shape index (κ2) is 12.1. The number of likely N-dealkylation sites (tertiary alicyclic amines) is 1. The average molecular weight is 566 g/mol. The number of aliphatic hydroxyl groups excluding tert-OH is 1. The molecule has 1 aromatic carbocycles. The Morgan fingerprint density at radius 3 is 2.33 bits per heavy atom. The Bertz CT molecular complexity index is 1160. The molecule has 216 valence electrons. The molecule has 7 nitrogen and oxygen atoms in total. The molecule has 4 heterocycles. The van der Waals surface area contributed by atoms with Crippen molar-refractivity contribution in [3.63, 3.8) is 0 Å². The molecule has 5 rings (SSSR count). The van der Waals surface area contributed by atoms with Gasteiger partial charge in [-0.25, -0.2) is 0 Å². The predicted octanol–water partition coefficient (Wildman–Crippen LogP) is 4.02. The van der Waals surface area contributed by atoms with Crippen molar-refractivity contribution in [1.29, 1.82) is 0 Å². The quantitative estimate of drug-likeness (QED) is 0.324. The van der Waals surface area contributed by atoms with E-state index in [4.69, 9.17) is 0 Å². The first-order valence-corrected chi connectivity index (χ1v) is 15.8. The van der Waals surface area contributed by atoms with E-state index in [9.17, 15) is 19.5 Å². The van der Waals surface area contributed by atoms with Gasteiger partial charge in [0.2, 0.25) is 17.7 Å². The Hall–Kier alpha value is -2.58. The number of carbonyl (C=O) groups excluding carboxylic acids is 3. The van der Waals surface area contributed by atoms with Crippen LogP contribution < -0.4 is 0 Å². The number of thioether (sulfide) groups is 1. The molecule has 1 aromatic rings. The molecule has 0 bridgehead atoms. The maximum Gasteiger partial charge on any atom is 0.247 e. The van der Waals surface area contributed by atoms with Gasteiger partial charge in [0.25, 0.3) is 0 Å². The van der Waals surface area contributed by atoms with Gasteiger partial charge in [-0.1, -0.05) is 74.4 Å². The van der Waals surface area contributed by atoms with Crippen molar-refractivity contribution in [2.75, 3.05) is 32.8 Å². The lowest BCUT2D eigenvalue weighted by molar-refractivity contribution is -0.145. The second-order valence-corrected chi connectivity index (χ2v) is 13.6. The van der Waals surface area contributed by atoms with Crippen molar-refractivity contribution in [1.82, 2.24) is 14.7 Å². The highest BCUT2D eigenvalue weighted by Gasteiger charge is 2.73. The van der Waals surface area contributed by atoms with Gasteiger partial charge < -0.3 is 19.8 Å². The third kappa shape index (κ3) is 5.13. The standard InChI is InChI=1S/C32H43N3O4S/c1-3-4-9-18-33-19-13-17-32-26(29(38)35(27(32)30(33)39)21-10-6-11-22-36)25-28(37)34(20-12-16-31(25,2)40-32)23-24-14-7-5-8-15-24/h5,7-8,12-17,25-27,36H,3-4,6,9-11,18-23H2,1-2H3/t25-,26-,27?,31+,32-/m0/s1. The van der Waals surface area contributed by atoms with Crippen LogP contribution in [-0.2, 0) is 20.9 Å². The minimum atomic E-state index is -0.792. The highest BCUT2D eigenvalue weighted by molar-refractivity contribution is 8.02. The molecular weight excluding hydrogens is 522 g/mol. The zero-order chi connectivity index (χ0) is 28.3. The molecule has 0 radical (unpaired) electrons. The van der Waals surface area contributed by atoms with Crippen LogP contribution in [0.3, 0.4) is 0 Å². The molecule has 1 unspecified atom stereocenters. The number of hydrogen-bond donors (Lipinski definition) is 1. The highest BCUT2D eigenvalue weighted by atomic mass is 32.2. The Labute approximate surface area is 242 Å². The zero-order valence-electron chi connectivity index (χ0n) is 23.8. The van der Waals surface area contributed by atoms with Gasteiger partial charge >= 0.3 is 0 Å². The Balaban J connectivity index is 1.51. The predicted molar refractivity (Wildman–Crippen MR) is 158 cm³/mol. The number of aliphatic hydroxyl groups is 1. The Morgan fingerprint density at radius 1 is 0.850 bits per heavy atom. The lowest BCUT2D eigenvalue weighted by Crippen LogP contribution is -2.53.